The number of alkyl halides is 3. The second-order valence-electron chi connectivity index (χ2n) is 7.73. The maximum absolute atomic E-state index is 13.9. The zero-order chi connectivity index (χ0) is 22.4. The molecule has 0 aromatic heterocycles. The van der Waals surface area contributed by atoms with Crippen molar-refractivity contribution in [3.05, 3.63) is 65.5 Å². The maximum Gasteiger partial charge on any atom is 0.416 e. The molecule has 2 atom stereocenters. The molecule has 1 amide bonds. The first kappa shape index (κ1) is 21.8. The first-order valence-corrected chi connectivity index (χ1v) is 11.2. The van der Waals surface area contributed by atoms with Crippen molar-refractivity contribution < 1.29 is 30.8 Å². The number of hydrogen-bond acceptors (Lipinski definition) is 3. The number of carbonyl (C=O) groups excluding carboxylic acids is 1. The van der Waals surface area contributed by atoms with Crippen molar-refractivity contribution >= 4 is 15.9 Å². The van der Waals surface area contributed by atoms with E-state index in [2.05, 4.69) is 0 Å². The lowest BCUT2D eigenvalue weighted by Gasteiger charge is -2.34. The molecule has 1 heterocycles. The van der Waals surface area contributed by atoms with Gasteiger partial charge in [-0.3, -0.25) is 4.79 Å². The molecule has 166 valence electrons. The monoisotopic (exact) mass is 456 g/mol. The Morgan fingerprint density at radius 1 is 0.935 bits per heavy atom. The van der Waals surface area contributed by atoms with Crippen molar-refractivity contribution in [3.8, 4) is 0 Å². The Balaban J connectivity index is 1.36. The minimum atomic E-state index is -4.40. The van der Waals surface area contributed by atoms with Gasteiger partial charge in [-0.05, 0) is 42.2 Å². The summed E-state index contributed by atoms with van der Waals surface area (Å²) in [5.41, 5.74) is -0.0425. The quantitative estimate of drug-likeness (QED) is 0.662. The Bertz CT molecular complexity index is 1080. The minimum absolute atomic E-state index is 0.0556. The van der Waals surface area contributed by atoms with Gasteiger partial charge in [0.2, 0.25) is 15.9 Å². The largest absolute Gasteiger partial charge is 0.416 e. The average Bonchev–Trinajstić information content (AvgIpc) is 3.54. The van der Waals surface area contributed by atoms with Crippen LogP contribution in [-0.2, 0) is 21.0 Å². The third-order valence-corrected chi connectivity index (χ3v) is 7.71. The van der Waals surface area contributed by atoms with Gasteiger partial charge in [-0.25, -0.2) is 12.8 Å². The predicted molar refractivity (Wildman–Crippen MR) is 104 cm³/mol. The average molecular weight is 456 g/mol. The molecular formula is C21H20F4N2O3S. The summed E-state index contributed by atoms with van der Waals surface area (Å²) in [6.45, 7) is 0.478. The van der Waals surface area contributed by atoms with Crippen LogP contribution in [0.3, 0.4) is 0 Å². The van der Waals surface area contributed by atoms with E-state index in [4.69, 9.17) is 0 Å². The summed E-state index contributed by atoms with van der Waals surface area (Å²) in [5, 5.41) is 0. The van der Waals surface area contributed by atoms with E-state index < -0.39 is 27.6 Å². The molecule has 2 fully saturated rings. The lowest BCUT2D eigenvalue weighted by molar-refractivity contribution is -0.137. The number of rotatable bonds is 4. The number of sulfonamides is 1. The zero-order valence-electron chi connectivity index (χ0n) is 16.3. The highest BCUT2D eigenvalue weighted by Crippen LogP contribution is 2.49. The van der Waals surface area contributed by atoms with Gasteiger partial charge in [0.25, 0.3) is 0 Å². The van der Waals surface area contributed by atoms with E-state index in [-0.39, 0.29) is 48.8 Å². The van der Waals surface area contributed by atoms with Crippen molar-refractivity contribution in [2.45, 2.75) is 23.4 Å². The summed E-state index contributed by atoms with van der Waals surface area (Å²) in [5.74, 6) is -1.40. The fourth-order valence-electron chi connectivity index (χ4n) is 3.93. The summed E-state index contributed by atoms with van der Waals surface area (Å²) < 4.78 is 78.5. The van der Waals surface area contributed by atoms with Crippen molar-refractivity contribution in [3.63, 3.8) is 0 Å². The lowest BCUT2D eigenvalue weighted by atomic mass is 10.1. The van der Waals surface area contributed by atoms with Gasteiger partial charge in [-0.1, -0.05) is 24.3 Å². The molecule has 31 heavy (non-hydrogen) atoms. The highest BCUT2D eigenvalue weighted by atomic mass is 32.2. The van der Waals surface area contributed by atoms with Gasteiger partial charge in [0.05, 0.1) is 5.56 Å². The molecule has 2 aromatic carbocycles. The minimum Gasteiger partial charge on any atom is -0.340 e. The predicted octanol–water partition coefficient (Wildman–Crippen LogP) is 3.48. The highest BCUT2D eigenvalue weighted by Gasteiger charge is 2.46. The summed E-state index contributed by atoms with van der Waals surface area (Å²) in [6, 6.07) is 9.99. The van der Waals surface area contributed by atoms with Crippen LogP contribution in [0.1, 0.15) is 23.5 Å². The molecule has 2 aromatic rings. The van der Waals surface area contributed by atoms with Gasteiger partial charge in [0, 0.05) is 32.1 Å². The van der Waals surface area contributed by atoms with Crippen LogP contribution in [0, 0.1) is 11.7 Å². The summed E-state index contributed by atoms with van der Waals surface area (Å²) in [7, 11) is -3.99. The first-order valence-electron chi connectivity index (χ1n) is 9.79. The number of hydrogen-bond donors (Lipinski definition) is 0. The molecular weight excluding hydrogens is 436 g/mol. The third kappa shape index (κ3) is 4.31. The van der Waals surface area contributed by atoms with E-state index in [1.165, 1.54) is 30.3 Å². The number of halogens is 4. The van der Waals surface area contributed by atoms with Crippen LogP contribution >= 0.6 is 0 Å². The van der Waals surface area contributed by atoms with Gasteiger partial charge in [-0.2, -0.15) is 17.5 Å². The molecule has 2 unspecified atom stereocenters. The second-order valence-corrected chi connectivity index (χ2v) is 9.63. The molecule has 1 aliphatic carbocycles. The number of piperazine rings is 1. The molecule has 0 bridgehead atoms. The summed E-state index contributed by atoms with van der Waals surface area (Å²) in [6.07, 6.45) is -3.85. The van der Waals surface area contributed by atoms with Crippen LogP contribution in [0.4, 0.5) is 17.6 Å². The van der Waals surface area contributed by atoms with Crippen molar-refractivity contribution in [1.82, 2.24) is 9.21 Å². The summed E-state index contributed by atoms with van der Waals surface area (Å²) >= 11 is 0. The lowest BCUT2D eigenvalue weighted by Crippen LogP contribution is -2.51. The third-order valence-electron chi connectivity index (χ3n) is 5.78. The Morgan fingerprint density at radius 3 is 2.13 bits per heavy atom. The Hall–Kier alpha value is -2.46. The van der Waals surface area contributed by atoms with Crippen LogP contribution in [0.15, 0.2) is 53.4 Å². The molecule has 2 aliphatic rings. The van der Waals surface area contributed by atoms with Gasteiger partial charge in [0.15, 0.2) is 0 Å². The number of nitrogens with zero attached hydrogens (tertiary/aromatic N) is 2. The zero-order valence-corrected chi connectivity index (χ0v) is 17.2. The SMILES string of the molecule is O=C(C1CC1c1ccc(C(F)(F)F)cc1)N1CCN(S(=O)(=O)c2ccccc2F)CC1. The van der Waals surface area contributed by atoms with E-state index in [0.29, 0.717) is 12.0 Å². The number of carbonyl (C=O) groups is 1. The topological polar surface area (TPSA) is 57.7 Å². The van der Waals surface area contributed by atoms with Crippen LogP contribution < -0.4 is 0 Å². The van der Waals surface area contributed by atoms with E-state index in [1.54, 1.807) is 4.90 Å². The molecule has 1 saturated carbocycles. The number of benzene rings is 2. The molecule has 1 saturated heterocycles. The molecule has 0 N–H and O–H groups in total. The Labute approximate surface area is 177 Å². The molecule has 0 radical (unpaired) electrons. The molecule has 4 rings (SSSR count). The maximum atomic E-state index is 13.9. The van der Waals surface area contributed by atoms with Gasteiger partial charge >= 0.3 is 6.18 Å². The smallest absolute Gasteiger partial charge is 0.340 e. The molecule has 5 nitrogen and oxygen atoms in total. The fraction of sp³-hybridized carbons (Fsp3) is 0.381. The first-order chi connectivity index (χ1) is 14.6. The van der Waals surface area contributed by atoms with Gasteiger partial charge < -0.3 is 4.90 Å². The fourth-order valence-corrected chi connectivity index (χ4v) is 5.42. The van der Waals surface area contributed by atoms with Crippen LogP contribution in [0.5, 0.6) is 0 Å². The van der Waals surface area contributed by atoms with Crippen LogP contribution in [0.2, 0.25) is 0 Å². The Kier molecular flexibility index (Phi) is 5.55. The number of amides is 1. The Morgan fingerprint density at radius 2 is 1.55 bits per heavy atom. The van der Waals surface area contributed by atoms with Gasteiger partial charge in [-0.15, -0.1) is 0 Å². The second kappa shape index (κ2) is 7.90. The van der Waals surface area contributed by atoms with Crippen molar-refractivity contribution in [1.29, 1.82) is 0 Å². The molecule has 1 aliphatic heterocycles. The highest BCUT2D eigenvalue weighted by molar-refractivity contribution is 7.89. The normalized spacial score (nSPS) is 22.4. The van der Waals surface area contributed by atoms with Crippen LogP contribution in [-0.4, -0.2) is 49.7 Å². The van der Waals surface area contributed by atoms with E-state index >= 15 is 0 Å². The van der Waals surface area contributed by atoms with Crippen LogP contribution in [0.25, 0.3) is 0 Å². The van der Waals surface area contributed by atoms with Gasteiger partial charge in [0.1, 0.15) is 10.7 Å². The standard InChI is InChI=1S/C21H20F4N2O3S/c22-18-3-1-2-4-19(18)31(29,30)27-11-9-26(10-12-27)20(28)17-13-16(17)14-5-7-15(8-6-14)21(23,24)25/h1-8,16-17H,9-13H2. The summed E-state index contributed by atoms with van der Waals surface area (Å²) in [4.78, 5) is 14.0. The molecule has 0 spiro atoms. The van der Waals surface area contributed by atoms with Crippen molar-refractivity contribution in [2.75, 3.05) is 26.2 Å². The van der Waals surface area contributed by atoms with E-state index in [9.17, 15) is 30.8 Å². The van der Waals surface area contributed by atoms with E-state index in [1.807, 2.05) is 0 Å². The van der Waals surface area contributed by atoms with Crippen molar-refractivity contribution in [2.24, 2.45) is 5.92 Å². The van der Waals surface area contributed by atoms with E-state index in [0.717, 1.165) is 22.5 Å². The molecule has 10 heteroatoms.